The number of nitrogens with one attached hydrogen (secondary N) is 1. The van der Waals surface area contributed by atoms with E-state index in [0.29, 0.717) is 24.2 Å². The molecule has 0 aromatic heterocycles. The number of phenols is 1. The van der Waals surface area contributed by atoms with Gasteiger partial charge >= 0.3 is 0 Å². The predicted octanol–water partition coefficient (Wildman–Crippen LogP) is 4.91. The standard InChI is InChI=1S/C20H24Cl2N2O4S/c1-6-24(7-2)20(26)14-10-15(16(21)17(22)18(14)25)23-29(27,28)19-12(4)8-11(3)9-13(19)5/h8-10,23,25H,6-7H2,1-5H3. The molecule has 0 aliphatic rings. The van der Waals surface area contributed by atoms with Gasteiger partial charge in [-0.2, -0.15) is 0 Å². The van der Waals surface area contributed by atoms with E-state index in [4.69, 9.17) is 23.2 Å². The van der Waals surface area contributed by atoms with Gasteiger partial charge in [0.15, 0.2) is 0 Å². The Labute approximate surface area is 181 Å². The summed E-state index contributed by atoms with van der Waals surface area (Å²) in [4.78, 5) is 14.3. The van der Waals surface area contributed by atoms with Crippen molar-refractivity contribution in [3.63, 3.8) is 0 Å². The Morgan fingerprint density at radius 1 is 1.03 bits per heavy atom. The molecule has 0 saturated carbocycles. The number of carbonyl (C=O) groups is 1. The molecule has 2 rings (SSSR count). The molecule has 0 saturated heterocycles. The number of aromatic hydroxyl groups is 1. The van der Waals surface area contributed by atoms with Gasteiger partial charge in [0.1, 0.15) is 10.8 Å². The lowest BCUT2D eigenvalue weighted by atomic mass is 10.1. The Bertz CT molecular complexity index is 1040. The fourth-order valence-electron chi connectivity index (χ4n) is 3.32. The molecule has 0 spiro atoms. The number of hydrogen-bond acceptors (Lipinski definition) is 4. The largest absolute Gasteiger partial charge is 0.505 e. The molecular formula is C20H24Cl2N2O4S. The Morgan fingerprint density at radius 2 is 1.55 bits per heavy atom. The first-order valence-corrected chi connectivity index (χ1v) is 11.3. The van der Waals surface area contributed by atoms with E-state index in [2.05, 4.69) is 4.72 Å². The first-order chi connectivity index (χ1) is 13.4. The summed E-state index contributed by atoms with van der Waals surface area (Å²) in [5, 5.41) is 9.83. The van der Waals surface area contributed by atoms with Gasteiger partial charge in [0.25, 0.3) is 15.9 Å². The highest BCUT2D eigenvalue weighted by Gasteiger charge is 2.26. The maximum Gasteiger partial charge on any atom is 0.262 e. The van der Waals surface area contributed by atoms with Crippen molar-refractivity contribution >= 4 is 44.8 Å². The Balaban J connectivity index is 2.60. The van der Waals surface area contributed by atoms with E-state index < -0.39 is 21.7 Å². The minimum atomic E-state index is -4.02. The number of halogens is 2. The molecule has 2 aromatic carbocycles. The molecule has 0 radical (unpaired) electrons. The van der Waals surface area contributed by atoms with Gasteiger partial charge in [-0.1, -0.05) is 40.9 Å². The first kappa shape index (κ1) is 23.3. The summed E-state index contributed by atoms with van der Waals surface area (Å²) in [5.41, 5.74) is 1.89. The van der Waals surface area contributed by atoms with Crippen LogP contribution in [0.25, 0.3) is 0 Å². The number of anilines is 1. The van der Waals surface area contributed by atoms with Crippen molar-refractivity contribution in [2.24, 2.45) is 0 Å². The molecule has 0 fully saturated rings. The molecule has 2 aromatic rings. The molecule has 0 bridgehead atoms. The van der Waals surface area contributed by atoms with E-state index in [9.17, 15) is 18.3 Å². The lowest BCUT2D eigenvalue weighted by molar-refractivity contribution is 0.0770. The van der Waals surface area contributed by atoms with Crippen LogP contribution in [-0.2, 0) is 10.0 Å². The van der Waals surface area contributed by atoms with Crippen molar-refractivity contribution in [3.05, 3.63) is 50.5 Å². The zero-order valence-electron chi connectivity index (χ0n) is 16.9. The summed E-state index contributed by atoms with van der Waals surface area (Å²) in [6.07, 6.45) is 0. The number of carbonyl (C=O) groups excluding carboxylic acids is 1. The lowest BCUT2D eigenvalue weighted by Gasteiger charge is -2.21. The average Bonchev–Trinajstić information content (AvgIpc) is 2.61. The molecule has 6 nitrogen and oxygen atoms in total. The summed E-state index contributed by atoms with van der Waals surface area (Å²) >= 11 is 12.3. The summed E-state index contributed by atoms with van der Waals surface area (Å²) in [5.74, 6) is -0.964. The van der Waals surface area contributed by atoms with E-state index in [1.807, 2.05) is 6.92 Å². The third-order valence-corrected chi connectivity index (χ3v) is 7.11. The van der Waals surface area contributed by atoms with Crippen molar-refractivity contribution in [3.8, 4) is 5.75 Å². The van der Waals surface area contributed by atoms with Crippen LogP contribution in [0.5, 0.6) is 5.75 Å². The monoisotopic (exact) mass is 458 g/mol. The summed E-state index contributed by atoms with van der Waals surface area (Å²) in [6.45, 7) is 9.71. The van der Waals surface area contributed by atoms with E-state index >= 15 is 0 Å². The van der Waals surface area contributed by atoms with Crippen LogP contribution < -0.4 is 4.72 Å². The molecular weight excluding hydrogens is 435 g/mol. The van der Waals surface area contributed by atoms with Crippen LogP contribution >= 0.6 is 23.2 Å². The Hall–Kier alpha value is -1.96. The third-order valence-electron chi connectivity index (χ3n) is 4.58. The number of rotatable bonds is 6. The highest BCUT2D eigenvalue weighted by molar-refractivity contribution is 7.92. The molecule has 158 valence electrons. The molecule has 1 amide bonds. The molecule has 0 atom stereocenters. The number of benzene rings is 2. The van der Waals surface area contributed by atoms with Crippen LogP contribution in [0, 0.1) is 20.8 Å². The molecule has 0 aliphatic carbocycles. The summed E-state index contributed by atoms with van der Waals surface area (Å²) in [7, 11) is -4.02. The molecule has 0 unspecified atom stereocenters. The second-order valence-corrected chi connectivity index (χ2v) is 9.13. The van der Waals surface area contributed by atoms with E-state index in [1.54, 1.807) is 39.8 Å². The second kappa shape index (κ2) is 8.81. The molecule has 29 heavy (non-hydrogen) atoms. The van der Waals surface area contributed by atoms with Crippen LogP contribution in [0.2, 0.25) is 10.0 Å². The topological polar surface area (TPSA) is 86.7 Å². The summed E-state index contributed by atoms with van der Waals surface area (Å²) < 4.78 is 28.5. The van der Waals surface area contributed by atoms with Crippen molar-refractivity contribution in [2.45, 2.75) is 39.5 Å². The minimum absolute atomic E-state index is 0.0793. The van der Waals surface area contributed by atoms with Gasteiger partial charge < -0.3 is 10.0 Å². The van der Waals surface area contributed by atoms with Gasteiger partial charge in [0.2, 0.25) is 0 Å². The van der Waals surface area contributed by atoms with Gasteiger partial charge in [0, 0.05) is 13.1 Å². The summed E-state index contributed by atoms with van der Waals surface area (Å²) in [6, 6.07) is 4.74. The zero-order valence-corrected chi connectivity index (χ0v) is 19.3. The van der Waals surface area contributed by atoms with Gasteiger partial charge in [-0.05, 0) is 51.8 Å². The smallest absolute Gasteiger partial charge is 0.262 e. The van der Waals surface area contributed by atoms with Gasteiger partial charge in [-0.3, -0.25) is 9.52 Å². The normalized spacial score (nSPS) is 11.4. The van der Waals surface area contributed by atoms with E-state index in [-0.39, 0.29) is 26.2 Å². The Morgan fingerprint density at radius 3 is 2.03 bits per heavy atom. The van der Waals surface area contributed by atoms with E-state index in [1.165, 1.54) is 11.0 Å². The maximum absolute atomic E-state index is 13.1. The van der Waals surface area contributed by atoms with Gasteiger partial charge in [0.05, 0.1) is 21.2 Å². The minimum Gasteiger partial charge on any atom is -0.505 e. The van der Waals surface area contributed by atoms with Crippen LogP contribution in [0.3, 0.4) is 0 Å². The lowest BCUT2D eigenvalue weighted by Crippen LogP contribution is -2.30. The Kier molecular flexibility index (Phi) is 7.09. The highest BCUT2D eigenvalue weighted by Crippen LogP contribution is 2.41. The maximum atomic E-state index is 13.1. The van der Waals surface area contributed by atoms with Crippen LogP contribution in [-0.4, -0.2) is 37.4 Å². The quantitative estimate of drug-likeness (QED) is 0.602. The zero-order chi connectivity index (χ0) is 22.1. The number of aryl methyl sites for hydroxylation is 3. The third kappa shape index (κ3) is 4.63. The number of phenolic OH excluding ortho intramolecular Hbond substituents is 1. The van der Waals surface area contributed by atoms with Crippen LogP contribution in [0.15, 0.2) is 23.1 Å². The molecule has 2 N–H and O–H groups in total. The first-order valence-electron chi connectivity index (χ1n) is 9.05. The fraction of sp³-hybridized carbons (Fsp3) is 0.350. The van der Waals surface area contributed by atoms with E-state index in [0.717, 1.165) is 5.56 Å². The second-order valence-electron chi connectivity index (χ2n) is 6.76. The molecule has 9 heteroatoms. The van der Waals surface area contributed by atoms with Crippen LogP contribution in [0.1, 0.15) is 40.9 Å². The average molecular weight is 459 g/mol. The van der Waals surface area contributed by atoms with Crippen LogP contribution in [0.4, 0.5) is 5.69 Å². The van der Waals surface area contributed by atoms with Gasteiger partial charge in [-0.25, -0.2) is 8.42 Å². The van der Waals surface area contributed by atoms with Gasteiger partial charge in [-0.15, -0.1) is 0 Å². The molecule has 0 aliphatic heterocycles. The number of amides is 1. The van der Waals surface area contributed by atoms with Crippen molar-refractivity contribution in [1.29, 1.82) is 0 Å². The predicted molar refractivity (Wildman–Crippen MR) is 117 cm³/mol. The SMILES string of the molecule is CCN(CC)C(=O)c1cc(NS(=O)(=O)c2c(C)cc(C)cc2C)c(Cl)c(Cl)c1O. The highest BCUT2D eigenvalue weighted by atomic mass is 35.5. The van der Waals surface area contributed by atoms with Crippen molar-refractivity contribution in [2.75, 3.05) is 17.8 Å². The molecule has 0 heterocycles. The number of nitrogens with zero attached hydrogens (tertiary/aromatic N) is 1. The van der Waals surface area contributed by atoms with Crippen molar-refractivity contribution in [1.82, 2.24) is 4.90 Å². The number of hydrogen-bond donors (Lipinski definition) is 2. The van der Waals surface area contributed by atoms with Crippen molar-refractivity contribution < 1.29 is 18.3 Å². The fourth-order valence-corrected chi connectivity index (χ4v) is 5.29. The number of sulfonamides is 1.